The molecule has 0 saturated carbocycles. The molecule has 3 aromatic carbocycles. The van der Waals surface area contributed by atoms with E-state index in [9.17, 15) is 9.59 Å². The van der Waals surface area contributed by atoms with Gasteiger partial charge in [0.05, 0.1) is 13.2 Å². The van der Waals surface area contributed by atoms with Gasteiger partial charge in [0.25, 0.3) is 0 Å². The Hall–Kier alpha value is -4.00. The van der Waals surface area contributed by atoms with Crippen molar-refractivity contribution in [3.05, 3.63) is 136 Å². The zero-order valence-corrected chi connectivity index (χ0v) is 20.2. The summed E-state index contributed by atoms with van der Waals surface area (Å²) in [5.74, 6) is -0.0140. The maximum absolute atomic E-state index is 12.7. The van der Waals surface area contributed by atoms with Gasteiger partial charge in [-0.25, -0.2) is 0 Å². The van der Waals surface area contributed by atoms with Crippen LogP contribution in [0.2, 0.25) is 0 Å². The molecule has 0 amide bonds. The van der Waals surface area contributed by atoms with Gasteiger partial charge >= 0.3 is 0 Å². The lowest BCUT2D eigenvalue weighted by molar-refractivity contribution is -0.115. The van der Waals surface area contributed by atoms with Crippen LogP contribution in [0.4, 0.5) is 0 Å². The van der Waals surface area contributed by atoms with Crippen LogP contribution < -0.4 is 10.2 Å². The van der Waals surface area contributed by atoms with E-state index in [4.69, 9.17) is 14.2 Å². The number of hydrogen-bond acceptors (Lipinski definition) is 5. The summed E-state index contributed by atoms with van der Waals surface area (Å²) in [5.41, 5.74) is 2.62. The number of carbonyl (C=O) groups excluding carboxylic acids is 1. The third-order valence-electron chi connectivity index (χ3n) is 5.75. The summed E-state index contributed by atoms with van der Waals surface area (Å²) in [6, 6.07) is 30.4. The summed E-state index contributed by atoms with van der Waals surface area (Å²) < 4.78 is 19.9. The minimum absolute atomic E-state index is 0.0140. The number of rotatable bonds is 12. The van der Waals surface area contributed by atoms with Gasteiger partial charge in [-0.2, -0.15) is 0 Å². The first-order chi connectivity index (χ1) is 17.7. The van der Waals surface area contributed by atoms with Gasteiger partial charge in [0.1, 0.15) is 18.4 Å². The Morgan fingerprint density at radius 1 is 0.722 bits per heavy atom. The molecular formula is C30H29NO5. The van der Waals surface area contributed by atoms with Crippen molar-refractivity contribution in [1.82, 2.24) is 4.57 Å². The molecule has 184 valence electrons. The first-order valence-electron chi connectivity index (χ1n) is 11.8. The fraction of sp³-hybridized carbons (Fsp3) is 0.200. The van der Waals surface area contributed by atoms with E-state index in [-0.39, 0.29) is 23.5 Å². The van der Waals surface area contributed by atoms with E-state index in [1.807, 2.05) is 97.9 Å². The lowest BCUT2D eigenvalue weighted by Gasteiger charge is -2.29. The molecule has 1 heterocycles. The Kier molecular flexibility index (Phi) is 8.81. The van der Waals surface area contributed by atoms with Gasteiger partial charge in [0, 0.05) is 12.3 Å². The molecule has 0 N–H and O–H groups in total. The zero-order valence-electron chi connectivity index (χ0n) is 20.2. The summed E-state index contributed by atoms with van der Waals surface area (Å²) in [4.78, 5) is 24.9. The fourth-order valence-corrected chi connectivity index (χ4v) is 3.84. The van der Waals surface area contributed by atoms with Gasteiger partial charge in [-0.15, -0.1) is 0 Å². The number of aromatic nitrogens is 1. The molecule has 0 aliphatic rings. The van der Waals surface area contributed by atoms with Crippen molar-refractivity contribution in [2.75, 3.05) is 0 Å². The number of nitrogens with zero attached hydrogens (tertiary/aromatic N) is 1. The maximum atomic E-state index is 12.7. The molecule has 0 saturated heterocycles. The van der Waals surface area contributed by atoms with Crippen LogP contribution in [0, 0.1) is 0 Å². The smallest absolute Gasteiger partial charge is 0.224 e. The van der Waals surface area contributed by atoms with Crippen molar-refractivity contribution in [3.63, 3.8) is 0 Å². The van der Waals surface area contributed by atoms with Gasteiger partial charge < -0.3 is 18.8 Å². The molecule has 0 aliphatic carbocycles. The Labute approximate surface area is 210 Å². The van der Waals surface area contributed by atoms with E-state index in [1.165, 1.54) is 6.07 Å². The standard InChI is InChI=1S/C30H29NO5/c1-23(34-20-24-11-5-2-6-12-24)30(36-22-26-15-9-4-10-16-26)31-18-17-28(33)29(27(31)19-32)35-21-25-13-7-3-8-14-25/h2-19,23,30H,20-22H2,1H3. The topological polar surface area (TPSA) is 66.8 Å². The molecule has 6 nitrogen and oxygen atoms in total. The van der Waals surface area contributed by atoms with Crippen LogP contribution in [-0.4, -0.2) is 17.0 Å². The highest BCUT2D eigenvalue weighted by Crippen LogP contribution is 2.25. The average molecular weight is 484 g/mol. The van der Waals surface area contributed by atoms with Crippen LogP contribution in [0.15, 0.2) is 108 Å². The molecule has 2 atom stereocenters. The summed E-state index contributed by atoms with van der Waals surface area (Å²) in [6.07, 6.45) is 1.05. The van der Waals surface area contributed by atoms with Crippen LogP contribution >= 0.6 is 0 Å². The SMILES string of the molecule is CC(OCc1ccccc1)C(OCc1ccccc1)n1ccc(=O)c(OCc2ccccc2)c1C=O. The fourth-order valence-electron chi connectivity index (χ4n) is 3.84. The summed E-state index contributed by atoms with van der Waals surface area (Å²) >= 11 is 0. The predicted octanol–water partition coefficient (Wildman–Crippen LogP) is 5.56. The van der Waals surface area contributed by atoms with Crippen molar-refractivity contribution < 1.29 is 19.0 Å². The second-order valence-corrected chi connectivity index (χ2v) is 8.38. The average Bonchev–Trinajstić information content (AvgIpc) is 2.93. The van der Waals surface area contributed by atoms with Gasteiger partial charge in [0.15, 0.2) is 18.3 Å². The van der Waals surface area contributed by atoms with Crippen LogP contribution in [-0.2, 0) is 29.3 Å². The van der Waals surface area contributed by atoms with Crippen molar-refractivity contribution in [1.29, 1.82) is 0 Å². The lowest BCUT2D eigenvalue weighted by Crippen LogP contribution is -2.30. The molecule has 4 aromatic rings. The molecule has 0 radical (unpaired) electrons. The zero-order chi connectivity index (χ0) is 25.2. The van der Waals surface area contributed by atoms with E-state index in [2.05, 4.69) is 0 Å². The first kappa shape index (κ1) is 25.1. The Bertz CT molecular complexity index is 1290. The monoisotopic (exact) mass is 483 g/mol. The van der Waals surface area contributed by atoms with Crippen molar-refractivity contribution in [2.45, 2.75) is 39.1 Å². The van der Waals surface area contributed by atoms with E-state index in [1.54, 1.807) is 10.8 Å². The maximum Gasteiger partial charge on any atom is 0.224 e. The van der Waals surface area contributed by atoms with E-state index < -0.39 is 12.3 Å². The van der Waals surface area contributed by atoms with Crippen LogP contribution in [0.1, 0.15) is 40.3 Å². The van der Waals surface area contributed by atoms with Crippen molar-refractivity contribution in [2.24, 2.45) is 0 Å². The largest absolute Gasteiger partial charge is 0.483 e. The highest BCUT2D eigenvalue weighted by atomic mass is 16.5. The molecule has 0 aliphatic heterocycles. The molecule has 2 unspecified atom stereocenters. The Morgan fingerprint density at radius 2 is 1.22 bits per heavy atom. The molecule has 0 fully saturated rings. The third kappa shape index (κ3) is 6.56. The minimum atomic E-state index is -0.686. The third-order valence-corrected chi connectivity index (χ3v) is 5.75. The molecule has 0 bridgehead atoms. The van der Waals surface area contributed by atoms with E-state index in [0.29, 0.717) is 19.5 Å². The van der Waals surface area contributed by atoms with Gasteiger partial charge in [-0.3, -0.25) is 9.59 Å². The highest BCUT2D eigenvalue weighted by Gasteiger charge is 2.25. The Morgan fingerprint density at radius 3 is 1.75 bits per heavy atom. The van der Waals surface area contributed by atoms with Crippen LogP contribution in [0.25, 0.3) is 0 Å². The number of benzene rings is 3. The summed E-state index contributed by atoms with van der Waals surface area (Å²) in [6.45, 7) is 2.72. The van der Waals surface area contributed by atoms with Gasteiger partial charge in [-0.1, -0.05) is 91.0 Å². The molecular weight excluding hydrogens is 454 g/mol. The number of aldehydes is 1. The van der Waals surface area contributed by atoms with Crippen molar-refractivity contribution >= 4 is 6.29 Å². The van der Waals surface area contributed by atoms with Crippen LogP contribution in [0.3, 0.4) is 0 Å². The minimum Gasteiger partial charge on any atom is -0.483 e. The predicted molar refractivity (Wildman–Crippen MR) is 138 cm³/mol. The molecule has 4 rings (SSSR count). The number of ether oxygens (including phenoxy) is 3. The van der Waals surface area contributed by atoms with Gasteiger partial charge in [-0.05, 0) is 23.6 Å². The molecule has 0 spiro atoms. The molecule has 6 heteroatoms. The van der Waals surface area contributed by atoms with Crippen LogP contribution in [0.5, 0.6) is 5.75 Å². The highest BCUT2D eigenvalue weighted by molar-refractivity contribution is 5.76. The Balaban J connectivity index is 1.62. The quantitative estimate of drug-likeness (QED) is 0.247. The second kappa shape index (κ2) is 12.6. The second-order valence-electron chi connectivity index (χ2n) is 8.38. The molecule has 36 heavy (non-hydrogen) atoms. The first-order valence-corrected chi connectivity index (χ1v) is 11.8. The molecule has 1 aromatic heterocycles. The lowest BCUT2D eigenvalue weighted by atomic mass is 10.2. The van der Waals surface area contributed by atoms with E-state index >= 15 is 0 Å². The van der Waals surface area contributed by atoms with Gasteiger partial charge in [0.2, 0.25) is 5.43 Å². The normalized spacial score (nSPS) is 12.6. The summed E-state index contributed by atoms with van der Waals surface area (Å²) in [5, 5.41) is 0. The summed E-state index contributed by atoms with van der Waals surface area (Å²) in [7, 11) is 0. The number of hydrogen-bond donors (Lipinski definition) is 0. The van der Waals surface area contributed by atoms with Crippen molar-refractivity contribution in [3.8, 4) is 5.75 Å². The number of carbonyl (C=O) groups is 1. The number of pyridine rings is 1. The van der Waals surface area contributed by atoms with E-state index in [0.717, 1.165) is 16.7 Å².